The Balaban J connectivity index is 1.51. The second kappa shape index (κ2) is 10.2. The summed E-state index contributed by atoms with van der Waals surface area (Å²) in [6.07, 6.45) is 4.84. The van der Waals surface area contributed by atoms with Gasteiger partial charge in [0.1, 0.15) is 0 Å². The van der Waals surface area contributed by atoms with E-state index in [1.807, 2.05) is 55.6 Å². The van der Waals surface area contributed by atoms with Crippen LogP contribution in [0, 0.1) is 25.2 Å². The average molecular weight is 476 g/mol. The van der Waals surface area contributed by atoms with Gasteiger partial charge in [0.05, 0.1) is 35.7 Å². The van der Waals surface area contributed by atoms with E-state index in [4.69, 9.17) is 0 Å². The Hall–Kier alpha value is -4.21. The molecule has 6 heteroatoms. The minimum Gasteiger partial charge on any atom is -0.347 e. The van der Waals surface area contributed by atoms with Crippen molar-refractivity contribution >= 4 is 11.6 Å². The monoisotopic (exact) mass is 475 g/mol. The Labute approximate surface area is 211 Å². The van der Waals surface area contributed by atoms with Crippen molar-refractivity contribution in [3.8, 4) is 6.07 Å². The number of benzene rings is 3. The fourth-order valence-corrected chi connectivity index (χ4v) is 5.01. The van der Waals surface area contributed by atoms with Gasteiger partial charge in [0, 0.05) is 18.4 Å². The smallest absolute Gasteiger partial charge is 0.242 e. The van der Waals surface area contributed by atoms with Gasteiger partial charge in [-0.05, 0) is 72.7 Å². The number of hydrogen-bond donors (Lipinski definition) is 2. The second-order valence-corrected chi connectivity index (χ2v) is 9.43. The van der Waals surface area contributed by atoms with Crippen LogP contribution in [0.4, 0.5) is 5.69 Å². The summed E-state index contributed by atoms with van der Waals surface area (Å²) in [6.45, 7) is 4.75. The van der Waals surface area contributed by atoms with E-state index in [9.17, 15) is 10.1 Å². The van der Waals surface area contributed by atoms with Crippen molar-refractivity contribution in [3.05, 3.63) is 118 Å². The number of carbonyl (C=O) groups is 1. The Bertz CT molecular complexity index is 1400. The first-order valence-corrected chi connectivity index (χ1v) is 12.2. The molecule has 1 aliphatic heterocycles. The SMILES string of the molecule is Cc1cccc(NC(=O)[C@@H]2Cc3ccccc3CN2C(Cc2ccc(C#N)cc2)c2cnc[nH]2)c1C. The highest BCUT2D eigenvalue weighted by Crippen LogP contribution is 2.34. The molecule has 0 spiro atoms. The number of rotatable bonds is 6. The number of nitrogens with one attached hydrogen (secondary N) is 2. The van der Waals surface area contributed by atoms with Crippen molar-refractivity contribution in [2.45, 2.75) is 45.3 Å². The Morgan fingerprint density at radius 3 is 2.61 bits per heavy atom. The van der Waals surface area contributed by atoms with Crippen molar-refractivity contribution < 1.29 is 4.79 Å². The first kappa shape index (κ1) is 23.5. The van der Waals surface area contributed by atoms with Gasteiger partial charge in [-0.15, -0.1) is 0 Å². The van der Waals surface area contributed by atoms with E-state index in [0.717, 1.165) is 28.1 Å². The minimum absolute atomic E-state index is 0.0115. The van der Waals surface area contributed by atoms with E-state index < -0.39 is 0 Å². The molecular weight excluding hydrogens is 446 g/mol. The van der Waals surface area contributed by atoms with Crippen LogP contribution in [-0.2, 0) is 24.2 Å². The number of aryl methyl sites for hydroxylation is 1. The topological polar surface area (TPSA) is 84.8 Å². The van der Waals surface area contributed by atoms with Crippen LogP contribution in [0.3, 0.4) is 0 Å². The molecule has 2 N–H and O–H groups in total. The summed E-state index contributed by atoms with van der Waals surface area (Å²) in [6, 6.07) is 23.8. The molecule has 2 atom stereocenters. The number of hydrogen-bond acceptors (Lipinski definition) is 4. The van der Waals surface area contributed by atoms with E-state index in [1.165, 1.54) is 11.1 Å². The number of aromatic amines is 1. The lowest BCUT2D eigenvalue weighted by atomic mass is 9.89. The third-order valence-electron chi connectivity index (χ3n) is 7.24. The number of nitrogens with zero attached hydrogens (tertiary/aromatic N) is 3. The van der Waals surface area contributed by atoms with Gasteiger partial charge in [-0.3, -0.25) is 9.69 Å². The van der Waals surface area contributed by atoms with Gasteiger partial charge in [0.2, 0.25) is 5.91 Å². The highest BCUT2D eigenvalue weighted by atomic mass is 16.2. The Kier molecular flexibility index (Phi) is 6.66. The zero-order valence-electron chi connectivity index (χ0n) is 20.5. The van der Waals surface area contributed by atoms with Gasteiger partial charge in [-0.1, -0.05) is 48.5 Å². The standard InChI is InChI=1S/C30H29N5O/c1-20-6-5-9-26(21(20)2)34-30(36)29-15-24-7-3-4-8-25(24)18-35(29)28(27-17-32-19-33-27)14-22-10-12-23(16-31)13-11-22/h3-13,17,19,28-29H,14-15,18H2,1-2H3,(H,32,33)(H,34,36)/t28?,29-/m0/s1. The molecule has 0 bridgehead atoms. The average Bonchev–Trinajstić information content (AvgIpc) is 3.44. The highest BCUT2D eigenvalue weighted by Gasteiger charge is 2.37. The van der Waals surface area contributed by atoms with Crippen LogP contribution in [0.1, 0.15) is 45.1 Å². The van der Waals surface area contributed by atoms with Gasteiger partial charge in [0.25, 0.3) is 0 Å². The number of aromatic nitrogens is 2. The number of nitriles is 1. The second-order valence-electron chi connectivity index (χ2n) is 9.43. The van der Waals surface area contributed by atoms with Gasteiger partial charge < -0.3 is 10.3 Å². The molecule has 3 aromatic carbocycles. The minimum atomic E-state index is -0.355. The number of imidazole rings is 1. The van der Waals surface area contributed by atoms with Crippen LogP contribution >= 0.6 is 0 Å². The summed E-state index contributed by atoms with van der Waals surface area (Å²) in [5, 5.41) is 12.4. The van der Waals surface area contributed by atoms with Crippen molar-refractivity contribution in [3.63, 3.8) is 0 Å². The lowest BCUT2D eigenvalue weighted by Crippen LogP contribution is -2.50. The molecule has 1 aromatic heterocycles. The fourth-order valence-electron chi connectivity index (χ4n) is 5.01. The van der Waals surface area contributed by atoms with E-state index in [-0.39, 0.29) is 18.0 Å². The van der Waals surface area contributed by atoms with Crippen LogP contribution in [0.15, 0.2) is 79.3 Å². The molecule has 0 saturated carbocycles. The summed E-state index contributed by atoms with van der Waals surface area (Å²) in [4.78, 5) is 23.7. The lowest BCUT2D eigenvalue weighted by Gasteiger charge is -2.41. The summed E-state index contributed by atoms with van der Waals surface area (Å²) < 4.78 is 0. The first-order valence-electron chi connectivity index (χ1n) is 12.2. The van der Waals surface area contributed by atoms with E-state index >= 15 is 0 Å². The zero-order valence-corrected chi connectivity index (χ0v) is 20.5. The largest absolute Gasteiger partial charge is 0.347 e. The molecule has 1 aliphatic rings. The van der Waals surface area contributed by atoms with Gasteiger partial charge in [0.15, 0.2) is 0 Å². The van der Waals surface area contributed by atoms with Crippen molar-refractivity contribution in [2.24, 2.45) is 0 Å². The molecule has 1 unspecified atom stereocenters. The van der Waals surface area contributed by atoms with Crippen molar-refractivity contribution in [2.75, 3.05) is 5.32 Å². The maximum absolute atomic E-state index is 13.8. The van der Waals surface area contributed by atoms with E-state index in [1.54, 1.807) is 6.33 Å². The molecule has 0 radical (unpaired) electrons. The lowest BCUT2D eigenvalue weighted by molar-refractivity contribution is -0.123. The number of amides is 1. The number of anilines is 1. The van der Waals surface area contributed by atoms with E-state index in [2.05, 4.69) is 57.4 Å². The van der Waals surface area contributed by atoms with Gasteiger partial charge >= 0.3 is 0 Å². The predicted octanol–water partition coefficient (Wildman–Crippen LogP) is 5.25. The van der Waals surface area contributed by atoms with Crippen LogP contribution in [-0.4, -0.2) is 26.8 Å². The number of H-pyrrole nitrogens is 1. The fraction of sp³-hybridized carbons (Fsp3) is 0.233. The molecule has 180 valence electrons. The molecule has 4 aromatic rings. The molecule has 2 heterocycles. The molecule has 0 aliphatic carbocycles. The van der Waals surface area contributed by atoms with Gasteiger partial charge in [-0.25, -0.2) is 4.98 Å². The number of carbonyl (C=O) groups excluding carboxylic acids is 1. The highest BCUT2D eigenvalue weighted by molar-refractivity contribution is 5.96. The summed E-state index contributed by atoms with van der Waals surface area (Å²) >= 11 is 0. The third-order valence-corrected chi connectivity index (χ3v) is 7.24. The quantitative estimate of drug-likeness (QED) is 0.399. The zero-order chi connectivity index (χ0) is 25.1. The summed E-state index contributed by atoms with van der Waals surface area (Å²) in [5.41, 5.74) is 8.21. The molecule has 36 heavy (non-hydrogen) atoms. The maximum Gasteiger partial charge on any atom is 0.242 e. The molecule has 5 rings (SSSR count). The molecule has 0 fully saturated rings. The van der Waals surface area contributed by atoms with Crippen LogP contribution in [0.25, 0.3) is 0 Å². The van der Waals surface area contributed by atoms with Crippen LogP contribution < -0.4 is 5.32 Å². The van der Waals surface area contributed by atoms with Crippen molar-refractivity contribution in [1.29, 1.82) is 5.26 Å². The predicted molar refractivity (Wildman–Crippen MR) is 140 cm³/mol. The summed E-state index contributed by atoms with van der Waals surface area (Å²) in [5.74, 6) is -0.0115. The molecule has 0 saturated heterocycles. The molecule has 1 amide bonds. The molecular formula is C30H29N5O. The normalized spacial score (nSPS) is 16.1. The first-order chi connectivity index (χ1) is 17.5. The third kappa shape index (κ3) is 4.79. The van der Waals surface area contributed by atoms with Crippen LogP contribution in [0.2, 0.25) is 0 Å². The Morgan fingerprint density at radius 2 is 1.89 bits per heavy atom. The van der Waals surface area contributed by atoms with Gasteiger partial charge in [-0.2, -0.15) is 5.26 Å². The van der Waals surface area contributed by atoms with Crippen molar-refractivity contribution in [1.82, 2.24) is 14.9 Å². The van der Waals surface area contributed by atoms with Crippen LogP contribution in [0.5, 0.6) is 0 Å². The van der Waals surface area contributed by atoms with E-state index in [0.29, 0.717) is 24.9 Å². The summed E-state index contributed by atoms with van der Waals surface area (Å²) in [7, 11) is 0. The number of fused-ring (bicyclic) bond motifs is 1. The molecule has 6 nitrogen and oxygen atoms in total. The maximum atomic E-state index is 13.8. The Morgan fingerprint density at radius 1 is 1.11 bits per heavy atom.